The molecule has 9 nitrogen and oxygen atoms in total. The van der Waals surface area contributed by atoms with Crippen LogP contribution in [0, 0.1) is 5.82 Å². The maximum absolute atomic E-state index is 14.0. The molecule has 2 amide bonds. The zero-order valence-corrected chi connectivity index (χ0v) is 19.8. The van der Waals surface area contributed by atoms with Gasteiger partial charge in [0.1, 0.15) is 17.5 Å². The number of esters is 2. The van der Waals surface area contributed by atoms with Crippen molar-refractivity contribution in [3.05, 3.63) is 35.6 Å². The van der Waals surface area contributed by atoms with Crippen molar-refractivity contribution < 1.29 is 33.0 Å². The third-order valence-electron chi connectivity index (χ3n) is 6.48. The summed E-state index contributed by atoms with van der Waals surface area (Å²) >= 11 is 0. The molecule has 3 rings (SSSR count). The summed E-state index contributed by atoms with van der Waals surface area (Å²) in [6.07, 6.45) is 1.51. The molecule has 10 heteroatoms. The highest BCUT2D eigenvalue weighted by atomic mass is 19.1. The van der Waals surface area contributed by atoms with E-state index >= 15 is 0 Å². The molecule has 2 fully saturated rings. The van der Waals surface area contributed by atoms with Crippen LogP contribution in [0.3, 0.4) is 0 Å². The number of likely N-dealkylation sites (tertiary alicyclic amines) is 1. The van der Waals surface area contributed by atoms with Crippen LogP contribution in [0.5, 0.6) is 0 Å². The number of nitrogens with zero attached hydrogens (tertiary/aromatic N) is 1. The molecule has 1 unspecified atom stereocenters. The van der Waals surface area contributed by atoms with Crippen molar-refractivity contribution in [2.24, 2.45) is 0 Å². The van der Waals surface area contributed by atoms with Crippen molar-refractivity contribution in [1.29, 1.82) is 0 Å². The van der Waals surface area contributed by atoms with Gasteiger partial charge in [0.2, 0.25) is 11.8 Å². The Morgan fingerprint density at radius 2 is 2.06 bits per heavy atom. The van der Waals surface area contributed by atoms with Gasteiger partial charge in [-0.2, -0.15) is 0 Å². The van der Waals surface area contributed by atoms with Gasteiger partial charge in [-0.25, -0.2) is 9.18 Å². The molecule has 0 radical (unpaired) electrons. The zero-order valence-electron chi connectivity index (χ0n) is 19.8. The summed E-state index contributed by atoms with van der Waals surface area (Å²) in [5.74, 6) is -2.61. The Labute approximate surface area is 198 Å². The van der Waals surface area contributed by atoms with Crippen LogP contribution >= 0.6 is 0 Å². The van der Waals surface area contributed by atoms with Crippen LogP contribution in [-0.4, -0.2) is 72.6 Å². The molecule has 0 bridgehead atoms. The largest absolute Gasteiger partial charge is 0.467 e. The van der Waals surface area contributed by atoms with Crippen molar-refractivity contribution in [3.63, 3.8) is 0 Å². The topological polar surface area (TPSA) is 114 Å². The molecule has 0 saturated carbocycles. The summed E-state index contributed by atoms with van der Waals surface area (Å²) in [6, 6.07) is 4.23. The van der Waals surface area contributed by atoms with Crippen molar-refractivity contribution in [1.82, 2.24) is 15.5 Å². The minimum atomic E-state index is -1.34. The first-order chi connectivity index (χ1) is 16.2. The van der Waals surface area contributed by atoms with Crippen molar-refractivity contribution >= 4 is 23.8 Å². The van der Waals surface area contributed by atoms with Gasteiger partial charge in [0.05, 0.1) is 13.2 Å². The van der Waals surface area contributed by atoms with Crippen LogP contribution in [0.4, 0.5) is 4.39 Å². The minimum Gasteiger partial charge on any atom is -0.467 e. The van der Waals surface area contributed by atoms with E-state index in [-0.39, 0.29) is 12.3 Å². The van der Waals surface area contributed by atoms with Crippen LogP contribution < -0.4 is 10.6 Å². The third kappa shape index (κ3) is 5.55. The predicted octanol–water partition coefficient (Wildman–Crippen LogP) is 1.09. The molecule has 2 saturated heterocycles. The van der Waals surface area contributed by atoms with Crippen LogP contribution in [0.15, 0.2) is 24.3 Å². The number of methoxy groups -OCH3 is 1. The Hall–Kier alpha value is -3.01. The molecule has 2 N–H and O–H groups in total. The second-order valence-corrected chi connectivity index (χ2v) is 8.87. The average Bonchev–Trinajstić information content (AvgIpc) is 3.47. The van der Waals surface area contributed by atoms with E-state index in [9.17, 15) is 23.6 Å². The highest BCUT2D eigenvalue weighted by Crippen LogP contribution is 2.35. The lowest BCUT2D eigenvalue weighted by Gasteiger charge is -2.39. The highest BCUT2D eigenvalue weighted by Gasteiger charge is 2.52. The summed E-state index contributed by atoms with van der Waals surface area (Å²) in [5, 5.41) is 5.84. The summed E-state index contributed by atoms with van der Waals surface area (Å²) < 4.78 is 23.9. The first-order valence-corrected chi connectivity index (χ1v) is 11.5. The van der Waals surface area contributed by atoms with Gasteiger partial charge in [0.15, 0.2) is 6.04 Å². The predicted molar refractivity (Wildman–Crippen MR) is 120 cm³/mol. The molecule has 0 aliphatic carbocycles. The zero-order chi connectivity index (χ0) is 24.9. The Bertz CT molecular complexity index is 935. The van der Waals surface area contributed by atoms with E-state index in [4.69, 9.17) is 9.47 Å². The van der Waals surface area contributed by atoms with Crippen LogP contribution in [-0.2, 0) is 35.1 Å². The van der Waals surface area contributed by atoms with Gasteiger partial charge < -0.3 is 25.0 Å². The summed E-state index contributed by atoms with van der Waals surface area (Å²) in [4.78, 5) is 52.7. The summed E-state index contributed by atoms with van der Waals surface area (Å²) in [5.41, 5.74) is -0.783. The molecule has 0 aromatic heterocycles. The van der Waals surface area contributed by atoms with Gasteiger partial charge >= 0.3 is 11.9 Å². The second kappa shape index (κ2) is 10.9. The molecular formula is C24H32FN3O6. The van der Waals surface area contributed by atoms with Crippen LogP contribution in [0.25, 0.3) is 0 Å². The molecule has 2 aliphatic rings. The van der Waals surface area contributed by atoms with E-state index < -0.39 is 47.4 Å². The number of ether oxygens (including phenoxy) is 2. The summed E-state index contributed by atoms with van der Waals surface area (Å²) in [6.45, 7) is 3.76. The Morgan fingerprint density at radius 1 is 1.29 bits per heavy atom. The van der Waals surface area contributed by atoms with E-state index in [0.29, 0.717) is 31.4 Å². The lowest BCUT2D eigenvalue weighted by molar-refractivity contribution is -0.158. The first-order valence-electron chi connectivity index (χ1n) is 11.5. The molecule has 1 aromatic carbocycles. The fourth-order valence-electron chi connectivity index (χ4n) is 4.87. The van der Waals surface area contributed by atoms with Gasteiger partial charge in [0, 0.05) is 19.9 Å². The number of rotatable bonds is 8. The molecular weight excluding hydrogens is 445 g/mol. The quantitative estimate of drug-likeness (QED) is 0.539. The van der Waals surface area contributed by atoms with E-state index in [1.165, 1.54) is 33.1 Å². The van der Waals surface area contributed by atoms with E-state index in [2.05, 4.69) is 10.6 Å². The van der Waals surface area contributed by atoms with Crippen LogP contribution in [0.1, 0.15) is 45.1 Å². The number of hydrogen-bond acceptors (Lipinski definition) is 7. The van der Waals surface area contributed by atoms with Crippen LogP contribution in [0.2, 0.25) is 0 Å². The smallest absolute Gasteiger partial charge is 0.332 e. The Morgan fingerprint density at radius 3 is 2.68 bits per heavy atom. The van der Waals surface area contributed by atoms with Gasteiger partial charge in [0.25, 0.3) is 0 Å². The van der Waals surface area contributed by atoms with Gasteiger partial charge in [-0.3, -0.25) is 14.4 Å². The first kappa shape index (κ1) is 25.6. The molecule has 34 heavy (non-hydrogen) atoms. The number of carbonyl (C=O) groups excluding carboxylic acids is 4. The molecule has 186 valence electrons. The van der Waals surface area contributed by atoms with Crippen molar-refractivity contribution in [2.45, 2.75) is 69.7 Å². The number of carbonyl (C=O) groups is 4. The summed E-state index contributed by atoms with van der Waals surface area (Å²) in [7, 11) is 1.17. The molecule has 2 heterocycles. The lowest BCUT2D eigenvalue weighted by Crippen LogP contribution is -2.64. The number of halogens is 1. The normalized spacial score (nSPS) is 23.8. The molecule has 4 atom stereocenters. The molecule has 2 aliphatic heterocycles. The van der Waals surface area contributed by atoms with E-state index in [0.717, 1.165) is 13.0 Å². The maximum Gasteiger partial charge on any atom is 0.332 e. The fraction of sp³-hybridized carbons (Fsp3) is 0.583. The van der Waals surface area contributed by atoms with Crippen molar-refractivity contribution in [2.75, 3.05) is 20.2 Å². The fourth-order valence-corrected chi connectivity index (χ4v) is 4.87. The monoisotopic (exact) mass is 477 g/mol. The number of hydrogen-bond donors (Lipinski definition) is 2. The molecule has 0 spiro atoms. The average molecular weight is 478 g/mol. The maximum atomic E-state index is 14.0. The number of amides is 2. The number of nitrogens with one attached hydrogen (secondary N) is 2. The molecule has 1 aromatic rings. The second-order valence-electron chi connectivity index (χ2n) is 8.87. The standard InChI is InChI=1S/C24H32FN3O6/c1-15(34-16(2)29)20(22(31)33-3)27-23(32)24(14-17-7-4-8-18(25)13-17)10-6-12-28(24)21(30)19-9-5-11-26-19/h4,7-8,13,15,19-20,26H,5-6,9-12,14H2,1-3H3,(H,27,32)/t15-,19+,20+,24?/m1/s1. The van der Waals surface area contributed by atoms with Gasteiger partial charge in [-0.1, -0.05) is 12.1 Å². The van der Waals surface area contributed by atoms with Crippen molar-refractivity contribution in [3.8, 4) is 0 Å². The number of benzene rings is 1. The minimum absolute atomic E-state index is 0.0743. The van der Waals surface area contributed by atoms with E-state index in [1.54, 1.807) is 17.0 Å². The van der Waals surface area contributed by atoms with Gasteiger partial charge in [-0.15, -0.1) is 0 Å². The SMILES string of the molecule is COC(=O)[C@@H](NC(=O)C1(Cc2cccc(F)c2)CCCN1C(=O)[C@@H]1CCCN1)[C@@H](C)OC(C)=O. The Kier molecular flexibility index (Phi) is 8.24. The van der Waals surface area contributed by atoms with E-state index in [1.807, 2.05) is 0 Å². The lowest BCUT2D eigenvalue weighted by atomic mass is 9.86. The Balaban J connectivity index is 1.96. The third-order valence-corrected chi connectivity index (χ3v) is 6.48. The van der Waals surface area contributed by atoms with Gasteiger partial charge in [-0.05, 0) is 56.8 Å². The highest BCUT2D eigenvalue weighted by molar-refractivity contribution is 5.96.